The van der Waals surface area contributed by atoms with Crippen molar-refractivity contribution in [2.45, 2.75) is 32.1 Å². The molecule has 1 fully saturated rings. The normalized spacial score (nSPS) is 13.1. The summed E-state index contributed by atoms with van der Waals surface area (Å²) < 4.78 is 0. The van der Waals surface area contributed by atoms with Crippen LogP contribution in [0.1, 0.15) is 37.7 Å². The maximum atomic E-state index is 11.1. The van der Waals surface area contributed by atoms with Gasteiger partial charge in [0.2, 0.25) is 0 Å². The molecule has 0 aliphatic carbocycles. The summed E-state index contributed by atoms with van der Waals surface area (Å²) in [5.74, 6) is -2.88. The molecule has 2 rings (SSSR count). The summed E-state index contributed by atoms with van der Waals surface area (Å²) in [5, 5.41) is 8.77. The summed E-state index contributed by atoms with van der Waals surface area (Å²) in [4.78, 5) is 47.9. The zero-order valence-electron chi connectivity index (χ0n) is 13.1. The fourth-order valence-electron chi connectivity index (χ4n) is 1.78. The fourth-order valence-corrected chi connectivity index (χ4v) is 1.78. The lowest BCUT2D eigenvalue weighted by Gasteiger charge is -2.11. The number of amides is 2. The van der Waals surface area contributed by atoms with E-state index in [1.807, 2.05) is 36.4 Å². The Morgan fingerprint density at radius 3 is 2.17 bits per heavy atom. The molecular weight excluding hydrogens is 314 g/mol. The number of hydrogen-bond acceptors (Lipinski definition) is 5. The number of hydroxylamine groups is 2. The van der Waals surface area contributed by atoms with Gasteiger partial charge in [-0.3, -0.25) is 14.4 Å². The summed E-state index contributed by atoms with van der Waals surface area (Å²) in [6, 6.07) is 10.0. The minimum Gasteiger partial charge on any atom is -0.481 e. The molecule has 7 heteroatoms. The van der Waals surface area contributed by atoms with Crippen LogP contribution in [0.3, 0.4) is 0 Å². The van der Waals surface area contributed by atoms with Crippen LogP contribution in [0, 0.1) is 0 Å². The molecular formula is C17H19NO6. The van der Waals surface area contributed by atoms with Gasteiger partial charge >= 0.3 is 11.9 Å². The first-order valence-electron chi connectivity index (χ1n) is 7.40. The molecule has 0 bridgehead atoms. The molecule has 0 aromatic heterocycles. The van der Waals surface area contributed by atoms with Crippen LogP contribution in [0.4, 0.5) is 0 Å². The Labute approximate surface area is 139 Å². The smallest absolute Gasteiger partial charge is 0.333 e. The van der Waals surface area contributed by atoms with Gasteiger partial charge in [0.05, 0.1) is 0 Å². The number of carbonyl (C=O) groups is 4. The zero-order valence-corrected chi connectivity index (χ0v) is 13.1. The van der Waals surface area contributed by atoms with E-state index in [-0.39, 0.29) is 32.1 Å². The van der Waals surface area contributed by atoms with Gasteiger partial charge in [0, 0.05) is 25.7 Å². The number of hydrogen-bond donors (Lipinski definition) is 1. The van der Waals surface area contributed by atoms with Crippen LogP contribution in [0.15, 0.2) is 36.9 Å². The second-order valence-electron chi connectivity index (χ2n) is 4.91. The monoisotopic (exact) mass is 333 g/mol. The zero-order chi connectivity index (χ0) is 17.9. The van der Waals surface area contributed by atoms with Crippen LogP contribution in [0.2, 0.25) is 0 Å². The predicted molar refractivity (Wildman–Crippen MR) is 85.2 cm³/mol. The van der Waals surface area contributed by atoms with Crippen molar-refractivity contribution < 1.29 is 29.1 Å². The second-order valence-corrected chi connectivity index (χ2v) is 4.91. The van der Waals surface area contributed by atoms with Crippen molar-refractivity contribution >= 4 is 29.8 Å². The average molecular weight is 333 g/mol. The fraction of sp³-hybridized carbons (Fsp3) is 0.294. The molecule has 24 heavy (non-hydrogen) atoms. The summed E-state index contributed by atoms with van der Waals surface area (Å²) in [7, 11) is 0. The lowest BCUT2D eigenvalue weighted by Crippen LogP contribution is -2.32. The highest BCUT2D eigenvalue weighted by molar-refractivity contribution is 6.01. The number of rotatable bonds is 6. The molecule has 1 saturated heterocycles. The first kappa shape index (κ1) is 19.1. The molecule has 2 amide bonds. The van der Waals surface area contributed by atoms with Gasteiger partial charge < -0.3 is 9.94 Å². The molecule has 1 aliphatic rings. The third-order valence-electron chi connectivity index (χ3n) is 3.01. The van der Waals surface area contributed by atoms with E-state index in [0.29, 0.717) is 5.06 Å². The van der Waals surface area contributed by atoms with E-state index in [1.54, 1.807) is 0 Å². The Kier molecular flexibility index (Phi) is 7.90. The number of carboxylic acid groups (broad SMARTS) is 1. The topological polar surface area (TPSA) is 101 Å². The number of nitrogens with zero attached hydrogens (tertiary/aromatic N) is 1. The van der Waals surface area contributed by atoms with Crippen LogP contribution >= 0.6 is 0 Å². The van der Waals surface area contributed by atoms with Gasteiger partial charge in [-0.2, -0.15) is 0 Å². The van der Waals surface area contributed by atoms with E-state index < -0.39 is 23.8 Å². The largest absolute Gasteiger partial charge is 0.481 e. The van der Waals surface area contributed by atoms with E-state index >= 15 is 0 Å². The molecule has 1 N–H and O–H groups in total. The van der Waals surface area contributed by atoms with Crippen molar-refractivity contribution in [2.24, 2.45) is 0 Å². The van der Waals surface area contributed by atoms with Crippen molar-refractivity contribution in [1.29, 1.82) is 0 Å². The number of aliphatic carboxylic acids is 1. The summed E-state index contributed by atoms with van der Waals surface area (Å²) in [6.07, 6.45) is 1.74. The van der Waals surface area contributed by atoms with Gasteiger partial charge in [-0.05, 0) is 12.0 Å². The Morgan fingerprint density at radius 2 is 1.71 bits per heavy atom. The van der Waals surface area contributed by atoms with E-state index in [1.165, 1.54) is 5.56 Å². The van der Waals surface area contributed by atoms with Crippen LogP contribution in [0.5, 0.6) is 0 Å². The van der Waals surface area contributed by atoms with Crippen molar-refractivity contribution in [2.75, 3.05) is 0 Å². The third kappa shape index (κ3) is 6.87. The Morgan fingerprint density at radius 1 is 1.12 bits per heavy atom. The molecule has 1 heterocycles. The van der Waals surface area contributed by atoms with Gasteiger partial charge in [-0.15, -0.1) is 5.06 Å². The van der Waals surface area contributed by atoms with Gasteiger partial charge in [0.1, 0.15) is 0 Å². The number of imide groups is 1. The molecule has 1 aromatic rings. The van der Waals surface area contributed by atoms with Crippen LogP contribution in [-0.4, -0.2) is 33.9 Å². The maximum Gasteiger partial charge on any atom is 0.333 e. The second kappa shape index (κ2) is 9.94. The van der Waals surface area contributed by atoms with Gasteiger partial charge in [-0.25, -0.2) is 4.79 Å². The molecule has 0 spiro atoms. The standard InChI is InChI=1S/C9H11NO6.C8H8/c11-6-4-5-7(12)10(6)16-9(15)3-1-2-8(13)14;1-2-8-6-4-3-5-7-8/h1-5H2,(H,13,14);2-7H,1H2. The van der Waals surface area contributed by atoms with E-state index in [4.69, 9.17) is 5.11 Å². The molecule has 0 atom stereocenters. The first-order valence-corrected chi connectivity index (χ1v) is 7.40. The minimum absolute atomic E-state index is 0.0429. The highest BCUT2D eigenvalue weighted by atomic mass is 16.7. The number of carboxylic acids is 1. The lowest BCUT2D eigenvalue weighted by atomic mass is 10.2. The number of benzene rings is 1. The summed E-state index contributed by atoms with van der Waals surface area (Å²) >= 11 is 0. The molecule has 128 valence electrons. The van der Waals surface area contributed by atoms with E-state index in [0.717, 1.165) is 0 Å². The van der Waals surface area contributed by atoms with E-state index in [2.05, 4.69) is 11.4 Å². The van der Waals surface area contributed by atoms with Gasteiger partial charge in [-0.1, -0.05) is 43.0 Å². The SMILES string of the molecule is C=Cc1ccccc1.O=C(O)CCCC(=O)ON1C(=O)CCC1=O. The Bertz CT molecular complexity index is 595. The van der Waals surface area contributed by atoms with Crippen LogP contribution < -0.4 is 0 Å². The summed E-state index contributed by atoms with van der Waals surface area (Å²) in [5.41, 5.74) is 1.17. The quantitative estimate of drug-likeness (QED) is 0.801. The summed E-state index contributed by atoms with van der Waals surface area (Å²) in [6.45, 7) is 3.63. The Hall–Kier alpha value is -2.96. The number of carbonyl (C=O) groups excluding carboxylic acids is 3. The van der Waals surface area contributed by atoms with Crippen molar-refractivity contribution in [3.8, 4) is 0 Å². The Balaban J connectivity index is 0.000000300. The predicted octanol–water partition coefficient (Wildman–Crippen LogP) is 2.18. The average Bonchev–Trinajstić information content (AvgIpc) is 2.88. The van der Waals surface area contributed by atoms with Crippen molar-refractivity contribution in [3.05, 3.63) is 42.5 Å². The van der Waals surface area contributed by atoms with Crippen LogP contribution in [-0.2, 0) is 24.0 Å². The highest BCUT2D eigenvalue weighted by Crippen LogP contribution is 2.13. The maximum absolute atomic E-state index is 11.1. The minimum atomic E-state index is -1.01. The first-order chi connectivity index (χ1) is 11.4. The van der Waals surface area contributed by atoms with Crippen LogP contribution in [0.25, 0.3) is 6.08 Å². The van der Waals surface area contributed by atoms with Gasteiger partial charge in [0.25, 0.3) is 11.8 Å². The van der Waals surface area contributed by atoms with Crippen molar-refractivity contribution in [3.63, 3.8) is 0 Å². The molecule has 1 aliphatic heterocycles. The van der Waals surface area contributed by atoms with Crippen molar-refractivity contribution in [1.82, 2.24) is 5.06 Å². The molecule has 0 unspecified atom stereocenters. The highest BCUT2D eigenvalue weighted by Gasteiger charge is 2.32. The lowest BCUT2D eigenvalue weighted by molar-refractivity contribution is -0.197. The molecule has 1 aromatic carbocycles. The van der Waals surface area contributed by atoms with E-state index in [9.17, 15) is 19.2 Å². The van der Waals surface area contributed by atoms with Gasteiger partial charge in [0.15, 0.2) is 0 Å². The molecule has 0 saturated carbocycles. The molecule has 0 radical (unpaired) electrons. The third-order valence-corrected chi connectivity index (χ3v) is 3.01. The molecule has 7 nitrogen and oxygen atoms in total.